The first-order valence-electron chi connectivity index (χ1n) is 8.23. The van der Waals surface area contributed by atoms with Crippen LogP contribution in [0.2, 0.25) is 0 Å². The highest BCUT2D eigenvalue weighted by molar-refractivity contribution is 5.80. The van der Waals surface area contributed by atoms with E-state index in [1.54, 1.807) is 42.5 Å². The fourth-order valence-corrected chi connectivity index (χ4v) is 2.73. The van der Waals surface area contributed by atoms with Crippen LogP contribution in [-0.4, -0.2) is 5.11 Å². The van der Waals surface area contributed by atoms with E-state index in [9.17, 15) is 9.90 Å². The van der Waals surface area contributed by atoms with Gasteiger partial charge in [-0.15, -0.1) is 0 Å². The molecule has 0 saturated carbocycles. The van der Waals surface area contributed by atoms with E-state index in [1.807, 2.05) is 30.3 Å². The van der Waals surface area contributed by atoms with Crippen molar-refractivity contribution in [3.05, 3.63) is 94.6 Å². The molecule has 0 amide bonds. The summed E-state index contributed by atoms with van der Waals surface area (Å²) in [5.41, 5.74) is 2.14. The molecule has 0 aliphatic rings. The highest BCUT2D eigenvalue weighted by atomic mass is 16.5. The van der Waals surface area contributed by atoms with E-state index in [4.69, 9.17) is 9.15 Å². The number of rotatable bonds is 4. The minimum atomic E-state index is -0.139. The molecular formula is C22H16O4. The molecule has 4 nitrogen and oxygen atoms in total. The van der Waals surface area contributed by atoms with Gasteiger partial charge in [-0.05, 0) is 48.0 Å². The van der Waals surface area contributed by atoms with E-state index < -0.39 is 0 Å². The van der Waals surface area contributed by atoms with Crippen LogP contribution in [0.5, 0.6) is 11.5 Å². The van der Waals surface area contributed by atoms with Gasteiger partial charge in [0.25, 0.3) is 0 Å². The number of phenolic OH excluding ortho intramolecular Hbond substituents is 1. The second-order valence-corrected chi connectivity index (χ2v) is 5.95. The topological polar surface area (TPSA) is 59.7 Å². The molecule has 4 aromatic rings. The van der Waals surface area contributed by atoms with Gasteiger partial charge in [0.15, 0.2) is 5.43 Å². The summed E-state index contributed by atoms with van der Waals surface area (Å²) >= 11 is 0. The predicted octanol–water partition coefficient (Wildman–Crippen LogP) is 4.74. The zero-order chi connectivity index (χ0) is 17.9. The van der Waals surface area contributed by atoms with Crippen LogP contribution in [0.15, 0.2) is 88.1 Å². The Morgan fingerprint density at radius 1 is 0.885 bits per heavy atom. The Morgan fingerprint density at radius 2 is 1.65 bits per heavy atom. The Morgan fingerprint density at radius 3 is 2.42 bits per heavy atom. The minimum Gasteiger partial charge on any atom is -0.508 e. The largest absolute Gasteiger partial charge is 0.508 e. The Hall–Kier alpha value is -3.53. The summed E-state index contributed by atoms with van der Waals surface area (Å²) in [6, 6.07) is 23.0. The molecule has 1 aromatic heterocycles. The van der Waals surface area contributed by atoms with Crippen molar-refractivity contribution in [1.82, 2.24) is 0 Å². The van der Waals surface area contributed by atoms with Gasteiger partial charge in [0.1, 0.15) is 29.4 Å². The van der Waals surface area contributed by atoms with E-state index in [1.165, 1.54) is 6.07 Å². The Kier molecular flexibility index (Phi) is 4.15. The van der Waals surface area contributed by atoms with Gasteiger partial charge in [0.2, 0.25) is 0 Å². The smallest absolute Gasteiger partial charge is 0.193 e. The van der Waals surface area contributed by atoms with Crippen LogP contribution in [0.3, 0.4) is 0 Å². The molecule has 4 heteroatoms. The van der Waals surface area contributed by atoms with E-state index in [2.05, 4.69) is 0 Å². The van der Waals surface area contributed by atoms with Gasteiger partial charge in [0.05, 0.1) is 5.39 Å². The number of hydrogen-bond donors (Lipinski definition) is 1. The average molecular weight is 344 g/mol. The van der Waals surface area contributed by atoms with Crippen molar-refractivity contribution in [1.29, 1.82) is 0 Å². The van der Waals surface area contributed by atoms with Crippen molar-refractivity contribution in [2.45, 2.75) is 6.61 Å². The molecule has 3 aromatic carbocycles. The number of phenols is 1. The highest BCUT2D eigenvalue weighted by Gasteiger charge is 2.08. The highest BCUT2D eigenvalue weighted by Crippen LogP contribution is 2.26. The van der Waals surface area contributed by atoms with Crippen LogP contribution < -0.4 is 10.2 Å². The molecule has 0 bridgehead atoms. The SMILES string of the molecule is O=c1cc(-c2ccc(O)cc2)oc2ccc(OCc3ccccc3)cc12. The molecule has 128 valence electrons. The van der Waals surface area contributed by atoms with Crippen molar-refractivity contribution >= 4 is 11.0 Å². The third-order valence-electron chi connectivity index (χ3n) is 4.10. The van der Waals surface area contributed by atoms with Crippen molar-refractivity contribution in [2.24, 2.45) is 0 Å². The molecule has 0 unspecified atom stereocenters. The fourth-order valence-electron chi connectivity index (χ4n) is 2.73. The van der Waals surface area contributed by atoms with Crippen LogP contribution in [0.25, 0.3) is 22.3 Å². The van der Waals surface area contributed by atoms with Crippen molar-refractivity contribution in [3.63, 3.8) is 0 Å². The van der Waals surface area contributed by atoms with Crippen molar-refractivity contribution < 1.29 is 14.3 Å². The van der Waals surface area contributed by atoms with Crippen molar-refractivity contribution in [2.75, 3.05) is 0 Å². The molecule has 0 atom stereocenters. The van der Waals surface area contributed by atoms with E-state index in [-0.39, 0.29) is 11.2 Å². The molecular weight excluding hydrogens is 328 g/mol. The Bertz CT molecular complexity index is 1100. The minimum absolute atomic E-state index is 0.139. The lowest BCUT2D eigenvalue weighted by atomic mass is 10.1. The summed E-state index contributed by atoms with van der Waals surface area (Å²) in [6.45, 7) is 0.434. The lowest BCUT2D eigenvalue weighted by Crippen LogP contribution is -2.01. The summed E-state index contributed by atoms with van der Waals surface area (Å²) in [5.74, 6) is 1.24. The molecule has 1 heterocycles. The van der Waals surface area contributed by atoms with Gasteiger partial charge in [-0.25, -0.2) is 0 Å². The second-order valence-electron chi connectivity index (χ2n) is 5.95. The second kappa shape index (κ2) is 6.76. The lowest BCUT2D eigenvalue weighted by Gasteiger charge is -2.08. The van der Waals surface area contributed by atoms with E-state index >= 15 is 0 Å². The molecule has 0 spiro atoms. The first-order chi connectivity index (χ1) is 12.7. The van der Waals surface area contributed by atoms with Gasteiger partial charge in [0, 0.05) is 11.6 Å². The average Bonchev–Trinajstić information content (AvgIpc) is 2.68. The predicted molar refractivity (Wildman–Crippen MR) is 100 cm³/mol. The van der Waals surface area contributed by atoms with Crippen LogP contribution in [0.4, 0.5) is 0 Å². The fraction of sp³-hybridized carbons (Fsp3) is 0.0455. The molecule has 0 saturated heterocycles. The summed E-state index contributed by atoms with van der Waals surface area (Å²) < 4.78 is 11.6. The maximum absolute atomic E-state index is 12.5. The number of hydrogen-bond acceptors (Lipinski definition) is 4. The number of benzene rings is 3. The van der Waals surface area contributed by atoms with Gasteiger partial charge >= 0.3 is 0 Å². The molecule has 0 aliphatic heterocycles. The third kappa shape index (κ3) is 3.30. The molecule has 1 N–H and O–H groups in total. The monoisotopic (exact) mass is 344 g/mol. The number of aromatic hydroxyl groups is 1. The standard InChI is InChI=1S/C22H16O4/c23-17-8-6-16(7-9-17)22-13-20(24)19-12-18(10-11-21(19)26-22)25-14-15-4-2-1-3-5-15/h1-13,23H,14H2. The van der Waals surface area contributed by atoms with Crippen molar-refractivity contribution in [3.8, 4) is 22.8 Å². The van der Waals surface area contributed by atoms with Crippen LogP contribution in [0.1, 0.15) is 5.56 Å². The number of ether oxygens (including phenoxy) is 1. The van der Waals surface area contributed by atoms with Gasteiger partial charge in [-0.2, -0.15) is 0 Å². The summed E-state index contributed by atoms with van der Waals surface area (Å²) in [7, 11) is 0. The zero-order valence-electron chi connectivity index (χ0n) is 13.9. The molecule has 0 fully saturated rings. The number of fused-ring (bicyclic) bond motifs is 1. The summed E-state index contributed by atoms with van der Waals surface area (Å²) in [4.78, 5) is 12.5. The molecule has 26 heavy (non-hydrogen) atoms. The summed E-state index contributed by atoms with van der Waals surface area (Å²) in [6.07, 6.45) is 0. The Labute approximate surface area is 149 Å². The zero-order valence-corrected chi connectivity index (χ0v) is 13.9. The molecule has 0 aliphatic carbocycles. The third-order valence-corrected chi connectivity index (χ3v) is 4.10. The quantitative estimate of drug-likeness (QED) is 0.581. The molecule has 4 rings (SSSR count). The normalized spacial score (nSPS) is 10.8. The van der Waals surface area contributed by atoms with Gasteiger partial charge < -0.3 is 14.3 Å². The maximum Gasteiger partial charge on any atom is 0.193 e. The first kappa shape index (κ1) is 16.0. The Balaban J connectivity index is 1.64. The van der Waals surface area contributed by atoms with E-state index in [0.717, 1.165) is 11.1 Å². The first-order valence-corrected chi connectivity index (χ1v) is 8.23. The van der Waals surface area contributed by atoms with Gasteiger partial charge in [-0.3, -0.25) is 4.79 Å². The summed E-state index contributed by atoms with van der Waals surface area (Å²) in [5, 5.41) is 9.86. The van der Waals surface area contributed by atoms with Crippen LogP contribution in [-0.2, 0) is 6.61 Å². The molecule has 0 radical (unpaired) electrons. The van der Waals surface area contributed by atoms with Crippen LogP contribution in [0, 0.1) is 0 Å². The van der Waals surface area contributed by atoms with Crippen LogP contribution >= 0.6 is 0 Å². The van der Waals surface area contributed by atoms with Gasteiger partial charge in [-0.1, -0.05) is 30.3 Å². The van der Waals surface area contributed by atoms with E-state index in [0.29, 0.717) is 29.1 Å². The lowest BCUT2D eigenvalue weighted by molar-refractivity contribution is 0.306. The maximum atomic E-state index is 12.5.